The fraction of sp³-hybridized carbons (Fsp3) is 0.125. The van der Waals surface area contributed by atoms with Crippen molar-refractivity contribution in [3.63, 3.8) is 0 Å². The van der Waals surface area contributed by atoms with E-state index in [1.807, 2.05) is 36.4 Å². The van der Waals surface area contributed by atoms with Crippen LogP contribution >= 0.6 is 0 Å². The molecule has 2 N–H and O–H groups in total. The van der Waals surface area contributed by atoms with Gasteiger partial charge in [-0.15, -0.1) is 0 Å². The van der Waals surface area contributed by atoms with Gasteiger partial charge in [0, 0.05) is 28.4 Å². The van der Waals surface area contributed by atoms with Gasteiger partial charge in [0.25, 0.3) is 11.6 Å². The van der Waals surface area contributed by atoms with Crippen molar-refractivity contribution in [1.29, 1.82) is 0 Å². The number of benzene rings is 2. The van der Waals surface area contributed by atoms with Crippen LogP contribution in [0.15, 0.2) is 74.5 Å². The molecule has 162 valence electrons. The number of amides is 1. The van der Waals surface area contributed by atoms with Crippen LogP contribution in [0.25, 0.3) is 33.7 Å². The fourth-order valence-electron chi connectivity index (χ4n) is 3.83. The summed E-state index contributed by atoms with van der Waals surface area (Å²) in [5, 5.41) is 11.4. The number of fused-ring (bicyclic) bond motifs is 1. The average molecular weight is 439 g/mol. The van der Waals surface area contributed by atoms with Gasteiger partial charge < -0.3 is 9.84 Å². The molecule has 1 amide bonds. The molecule has 3 aromatic heterocycles. The molecule has 1 fully saturated rings. The number of rotatable bonds is 5. The number of H-pyrrole nitrogens is 1. The molecular weight excluding hydrogens is 422 g/mol. The highest BCUT2D eigenvalue weighted by atomic mass is 16.5. The predicted octanol–water partition coefficient (Wildman–Crippen LogP) is 4.36. The van der Waals surface area contributed by atoms with E-state index >= 15 is 0 Å². The Bertz CT molecular complexity index is 1550. The van der Waals surface area contributed by atoms with Gasteiger partial charge in [-0.3, -0.25) is 14.3 Å². The summed E-state index contributed by atoms with van der Waals surface area (Å²) in [6.07, 6.45) is 2.08. The number of hydrogen-bond donors (Lipinski definition) is 2. The maximum Gasteiger partial charge on any atom is 0.439 e. The number of nitrogens with zero attached hydrogens (tertiary/aromatic N) is 3. The van der Waals surface area contributed by atoms with Crippen molar-refractivity contribution >= 4 is 22.7 Å². The van der Waals surface area contributed by atoms with Gasteiger partial charge in [0.2, 0.25) is 0 Å². The average Bonchev–Trinajstić information content (AvgIpc) is 3.46. The second-order valence-corrected chi connectivity index (χ2v) is 7.92. The Morgan fingerprint density at radius 2 is 1.79 bits per heavy atom. The fourth-order valence-corrected chi connectivity index (χ4v) is 3.83. The van der Waals surface area contributed by atoms with Crippen LogP contribution in [0.3, 0.4) is 0 Å². The smallest absolute Gasteiger partial charge is 0.335 e. The standard InChI is InChI=1S/C24H17N5O4/c30-22(25-16-8-4-7-15(11-16)21-27-24(31)33-29-21)17-12-18(13-9-10-13)26-23-19(17)20(28-32-23)14-5-2-1-3-6-14/h1-8,11-13H,9-10H2,(H,25,30)(H,27,29,31). The third-order valence-electron chi connectivity index (χ3n) is 5.59. The molecule has 2 aromatic carbocycles. The number of aromatic nitrogens is 4. The van der Waals surface area contributed by atoms with Crippen molar-refractivity contribution in [3.05, 3.63) is 82.5 Å². The third kappa shape index (κ3) is 3.59. The van der Waals surface area contributed by atoms with E-state index in [4.69, 9.17) is 4.52 Å². The molecule has 1 saturated carbocycles. The first kappa shape index (κ1) is 19.2. The Morgan fingerprint density at radius 3 is 2.55 bits per heavy atom. The zero-order valence-corrected chi connectivity index (χ0v) is 17.2. The Balaban J connectivity index is 1.42. The molecule has 0 unspecified atom stereocenters. The van der Waals surface area contributed by atoms with Gasteiger partial charge in [0.1, 0.15) is 5.69 Å². The number of carbonyl (C=O) groups excluding carboxylic acids is 1. The third-order valence-corrected chi connectivity index (χ3v) is 5.59. The number of nitrogens with one attached hydrogen (secondary N) is 2. The molecule has 0 atom stereocenters. The molecule has 0 aliphatic heterocycles. The second-order valence-electron chi connectivity index (χ2n) is 7.92. The first-order valence-corrected chi connectivity index (χ1v) is 10.5. The molecule has 0 saturated heterocycles. The van der Waals surface area contributed by atoms with Crippen LogP contribution in [0.1, 0.15) is 34.8 Å². The Kier molecular flexibility index (Phi) is 4.39. The predicted molar refractivity (Wildman–Crippen MR) is 120 cm³/mol. The Morgan fingerprint density at radius 1 is 0.970 bits per heavy atom. The molecule has 1 aliphatic carbocycles. The van der Waals surface area contributed by atoms with Crippen molar-refractivity contribution in [2.45, 2.75) is 18.8 Å². The highest BCUT2D eigenvalue weighted by Crippen LogP contribution is 2.41. The molecule has 33 heavy (non-hydrogen) atoms. The first-order chi connectivity index (χ1) is 16.2. The lowest BCUT2D eigenvalue weighted by Crippen LogP contribution is -2.13. The number of hydrogen-bond acceptors (Lipinski definition) is 7. The van der Waals surface area contributed by atoms with E-state index in [0.29, 0.717) is 39.5 Å². The monoisotopic (exact) mass is 439 g/mol. The van der Waals surface area contributed by atoms with Gasteiger partial charge in [-0.25, -0.2) is 9.78 Å². The van der Waals surface area contributed by atoms with E-state index in [-0.39, 0.29) is 11.7 Å². The molecule has 9 heteroatoms. The SMILES string of the molecule is O=C(Nc1cccc(-c2noc(=O)[nH]2)c1)c1cc(C2CC2)nc2onc(-c3ccccc3)c12. The van der Waals surface area contributed by atoms with Crippen LogP contribution in [-0.4, -0.2) is 26.2 Å². The highest BCUT2D eigenvalue weighted by molar-refractivity contribution is 6.14. The summed E-state index contributed by atoms with van der Waals surface area (Å²) in [4.78, 5) is 31.9. The second kappa shape index (κ2) is 7.56. The van der Waals surface area contributed by atoms with Crippen LogP contribution in [0.4, 0.5) is 5.69 Å². The van der Waals surface area contributed by atoms with Gasteiger partial charge in [-0.1, -0.05) is 52.8 Å². The van der Waals surface area contributed by atoms with Crippen molar-refractivity contribution in [1.82, 2.24) is 20.3 Å². The lowest BCUT2D eigenvalue weighted by Gasteiger charge is -2.09. The van der Waals surface area contributed by atoms with Gasteiger partial charge in [0.05, 0.1) is 10.9 Å². The summed E-state index contributed by atoms with van der Waals surface area (Å²) in [5.41, 5.74) is 4.17. The lowest BCUT2D eigenvalue weighted by atomic mass is 10.0. The highest BCUT2D eigenvalue weighted by Gasteiger charge is 2.29. The molecule has 5 aromatic rings. The molecule has 1 aliphatic rings. The maximum absolute atomic E-state index is 13.5. The number of carbonyl (C=O) groups is 1. The summed E-state index contributed by atoms with van der Waals surface area (Å²) < 4.78 is 10.1. The molecule has 3 heterocycles. The molecule has 9 nitrogen and oxygen atoms in total. The lowest BCUT2D eigenvalue weighted by molar-refractivity contribution is 0.102. The van der Waals surface area contributed by atoms with Crippen molar-refractivity contribution in [2.24, 2.45) is 0 Å². The minimum absolute atomic E-state index is 0.281. The molecule has 0 spiro atoms. The zero-order valence-electron chi connectivity index (χ0n) is 17.2. The van der Waals surface area contributed by atoms with E-state index in [0.717, 1.165) is 24.1 Å². The Hall–Kier alpha value is -4.53. The topological polar surface area (TPSA) is 127 Å². The van der Waals surface area contributed by atoms with E-state index in [9.17, 15) is 9.59 Å². The molecule has 6 rings (SSSR count). The largest absolute Gasteiger partial charge is 0.439 e. The zero-order chi connectivity index (χ0) is 22.4. The van der Waals surface area contributed by atoms with E-state index < -0.39 is 5.76 Å². The van der Waals surface area contributed by atoms with E-state index in [1.54, 1.807) is 24.3 Å². The Labute approximate surface area is 186 Å². The summed E-state index contributed by atoms with van der Waals surface area (Å²) >= 11 is 0. The van der Waals surface area contributed by atoms with Crippen LogP contribution in [-0.2, 0) is 0 Å². The minimum atomic E-state index is -0.646. The summed E-state index contributed by atoms with van der Waals surface area (Å²) in [6, 6.07) is 18.4. The number of pyridine rings is 1. The van der Waals surface area contributed by atoms with Crippen LogP contribution in [0, 0.1) is 0 Å². The van der Waals surface area contributed by atoms with Crippen LogP contribution < -0.4 is 11.1 Å². The molecule has 0 radical (unpaired) electrons. The number of aromatic amines is 1. The van der Waals surface area contributed by atoms with Crippen molar-refractivity contribution < 1.29 is 13.8 Å². The summed E-state index contributed by atoms with van der Waals surface area (Å²) in [5.74, 6) is -0.343. The van der Waals surface area contributed by atoms with Crippen LogP contribution in [0.5, 0.6) is 0 Å². The normalized spacial score (nSPS) is 13.3. The minimum Gasteiger partial charge on any atom is -0.335 e. The summed E-state index contributed by atoms with van der Waals surface area (Å²) in [6.45, 7) is 0. The van der Waals surface area contributed by atoms with Crippen molar-refractivity contribution in [2.75, 3.05) is 5.32 Å². The van der Waals surface area contributed by atoms with E-state index in [2.05, 4.69) is 30.1 Å². The van der Waals surface area contributed by atoms with Gasteiger partial charge in [-0.05, 0) is 31.0 Å². The van der Waals surface area contributed by atoms with Gasteiger partial charge in [-0.2, -0.15) is 0 Å². The molecule has 0 bridgehead atoms. The maximum atomic E-state index is 13.5. The van der Waals surface area contributed by atoms with E-state index in [1.165, 1.54) is 0 Å². The van der Waals surface area contributed by atoms with Gasteiger partial charge in [0.15, 0.2) is 5.82 Å². The van der Waals surface area contributed by atoms with Gasteiger partial charge >= 0.3 is 5.76 Å². The first-order valence-electron chi connectivity index (χ1n) is 10.5. The number of anilines is 1. The quantitative estimate of drug-likeness (QED) is 0.416. The van der Waals surface area contributed by atoms with Crippen LogP contribution in [0.2, 0.25) is 0 Å². The summed E-state index contributed by atoms with van der Waals surface area (Å²) in [7, 11) is 0. The van der Waals surface area contributed by atoms with Crippen molar-refractivity contribution in [3.8, 4) is 22.6 Å². The molecular formula is C24H17N5O4.